The topological polar surface area (TPSA) is 50.4 Å². The molecule has 1 aromatic rings. The zero-order valence-electron chi connectivity index (χ0n) is 12.9. The van der Waals surface area contributed by atoms with Gasteiger partial charge in [-0.05, 0) is 44.0 Å². The number of para-hydroxylation sites is 1. The summed E-state index contributed by atoms with van der Waals surface area (Å²) in [5, 5.41) is 6.14. The van der Waals surface area contributed by atoms with E-state index in [1.54, 1.807) is 0 Å². The molecule has 21 heavy (non-hydrogen) atoms. The van der Waals surface area contributed by atoms with Crippen molar-refractivity contribution in [2.24, 2.45) is 11.8 Å². The van der Waals surface area contributed by atoms with Gasteiger partial charge in [0.15, 0.2) is 0 Å². The minimum Gasteiger partial charge on any atom is -0.491 e. The molecule has 0 radical (unpaired) electrons. The summed E-state index contributed by atoms with van der Waals surface area (Å²) < 4.78 is 5.77. The normalized spacial score (nSPS) is 15.6. The van der Waals surface area contributed by atoms with E-state index in [1.165, 1.54) is 0 Å². The number of nitrogens with one attached hydrogen (secondary N) is 2. The van der Waals surface area contributed by atoms with Gasteiger partial charge in [-0.2, -0.15) is 0 Å². The Kier molecular flexibility index (Phi) is 6.99. The lowest BCUT2D eigenvalue weighted by Gasteiger charge is -2.31. The van der Waals surface area contributed by atoms with Crippen molar-refractivity contribution in [1.82, 2.24) is 10.6 Å². The van der Waals surface area contributed by atoms with E-state index in [1.807, 2.05) is 39.0 Å². The molecule has 1 aromatic carbocycles. The van der Waals surface area contributed by atoms with Crippen LogP contribution in [0.25, 0.3) is 0 Å². The maximum absolute atomic E-state index is 11.9. The van der Waals surface area contributed by atoms with Gasteiger partial charge in [-0.1, -0.05) is 25.1 Å². The molecule has 0 aromatic heterocycles. The smallest absolute Gasteiger partial charge is 0.223 e. The van der Waals surface area contributed by atoms with Crippen molar-refractivity contribution in [3.8, 4) is 5.75 Å². The van der Waals surface area contributed by atoms with Crippen LogP contribution in [0.5, 0.6) is 5.75 Å². The third-order valence-electron chi connectivity index (χ3n) is 3.99. The number of hydrogen-bond acceptors (Lipinski definition) is 3. The molecule has 0 bridgehead atoms. The summed E-state index contributed by atoms with van der Waals surface area (Å²) in [5.41, 5.74) is 2.26. The second kappa shape index (κ2) is 8.25. The lowest BCUT2D eigenvalue weighted by atomic mass is 9.88. The molecule has 2 rings (SSSR count). The van der Waals surface area contributed by atoms with Crippen LogP contribution in [0.4, 0.5) is 0 Å². The van der Waals surface area contributed by atoms with Gasteiger partial charge >= 0.3 is 0 Å². The summed E-state index contributed by atoms with van der Waals surface area (Å²) >= 11 is 0. The van der Waals surface area contributed by atoms with Gasteiger partial charge in [0.2, 0.25) is 5.91 Å². The molecule has 1 saturated heterocycles. The van der Waals surface area contributed by atoms with Crippen molar-refractivity contribution in [1.29, 1.82) is 0 Å². The highest BCUT2D eigenvalue weighted by Crippen LogP contribution is 2.22. The monoisotopic (exact) mass is 312 g/mol. The fourth-order valence-electron chi connectivity index (χ4n) is 2.39. The molecule has 2 N–H and O–H groups in total. The van der Waals surface area contributed by atoms with E-state index >= 15 is 0 Å². The van der Waals surface area contributed by atoms with Crippen molar-refractivity contribution in [2.45, 2.75) is 20.8 Å². The van der Waals surface area contributed by atoms with Crippen LogP contribution in [-0.4, -0.2) is 32.1 Å². The molecular formula is C16H25ClN2O2. The number of ether oxygens (including phenoxy) is 1. The molecule has 1 aliphatic rings. The van der Waals surface area contributed by atoms with E-state index < -0.39 is 0 Å². The first-order valence-corrected chi connectivity index (χ1v) is 7.27. The van der Waals surface area contributed by atoms with Crippen molar-refractivity contribution >= 4 is 18.3 Å². The first kappa shape index (κ1) is 17.8. The van der Waals surface area contributed by atoms with Gasteiger partial charge in [-0.15, -0.1) is 12.4 Å². The van der Waals surface area contributed by atoms with Gasteiger partial charge in [-0.3, -0.25) is 4.79 Å². The van der Waals surface area contributed by atoms with Crippen LogP contribution in [-0.2, 0) is 4.79 Å². The first-order chi connectivity index (χ1) is 9.59. The number of aryl methyl sites for hydroxylation is 2. The van der Waals surface area contributed by atoms with Crippen molar-refractivity contribution in [3.63, 3.8) is 0 Å². The molecule has 0 aliphatic carbocycles. The van der Waals surface area contributed by atoms with Gasteiger partial charge in [0.05, 0.1) is 6.54 Å². The van der Waals surface area contributed by atoms with Crippen LogP contribution in [0.1, 0.15) is 18.1 Å². The van der Waals surface area contributed by atoms with Gasteiger partial charge in [0.25, 0.3) is 0 Å². The Morgan fingerprint density at radius 2 is 2.00 bits per heavy atom. The quantitative estimate of drug-likeness (QED) is 0.791. The molecule has 1 atom stereocenters. The molecule has 1 unspecified atom stereocenters. The van der Waals surface area contributed by atoms with Crippen LogP contribution >= 0.6 is 12.4 Å². The van der Waals surface area contributed by atoms with Crippen LogP contribution in [0.15, 0.2) is 18.2 Å². The Labute approximate surface area is 133 Å². The molecule has 1 aliphatic heterocycles. The van der Waals surface area contributed by atoms with E-state index in [-0.39, 0.29) is 24.2 Å². The highest BCUT2D eigenvalue weighted by Gasteiger charge is 2.28. The highest BCUT2D eigenvalue weighted by molar-refractivity contribution is 5.85. The van der Waals surface area contributed by atoms with Crippen LogP contribution < -0.4 is 15.4 Å². The first-order valence-electron chi connectivity index (χ1n) is 7.27. The predicted molar refractivity (Wildman–Crippen MR) is 87.2 cm³/mol. The third-order valence-corrected chi connectivity index (χ3v) is 3.99. The third kappa shape index (κ3) is 4.61. The molecule has 0 spiro atoms. The van der Waals surface area contributed by atoms with E-state index in [2.05, 4.69) is 10.6 Å². The minimum absolute atomic E-state index is 0. The van der Waals surface area contributed by atoms with Gasteiger partial charge in [0, 0.05) is 5.92 Å². The summed E-state index contributed by atoms with van der Waals surface area (Å²) in [6.07, 6.45) is 0. The number of amides is 1. The molecule has 1 amide bonds. The largest absolute Gasteiger partial charge is 0.491 e. The van der Waals surface area contributed by atoms with E-state index in [4.69, 9.17) is 4.74 Å². The van der Waals surface area contributed by atoms with Crippen LogP contribution in [0.2, 0.25) is 0 Å². The summed E-state index contributed by atoms with van der Waals surface area (Å²) in [5.74, 6) is 1.62. The fourth-order valence-corrected chi connectivity index (χ4v) is 2.39. The maximum atomic E-state index is 11.9. The molecule has 1 fully saturated rings. The number of carbonyl (C=O) groups excluding carboxylic acids is 1. The van der Waals surface area contributed by atoms with E-state index in [0.717, 1.165) is 30.0 Å². The Balaban J connectivity index is 0.00000220. The van der Waals surface area contributed by atoms with Gasteiger partial charge in [0.1, 0.15) is 12.4 Å². The van der Waals surface area contributed by atoms with Crippen molar-refractivity contribution in [3.05, 3.63) is 29.3 Å². The van der Waals surface area contributed by atoms with Gasteiger partial charge < -0.3 is 15.4 Å². The minimum atomic E-state index is 0. The number of carbonyl (C=O) groups is 1. The number of benzene rings is 1. The highest BCUT2D eigenvalue weighted by atomic mass is 35.5. The van der Waals surface area contributed by atoms with Crippen molar-refractivity contribution in [2.75, 3.05) is 26.2 Å². The summed E-state index contributed by atoms with van der Waals surface area (Å²) in [6.45, 7) is 9.03. The molecule has 4 nitrogen and oxygen atoms in total. The standard InChI is InChI=1S/C16H24N2O2.ClH/c1-11-5-4-6-12(2)15(11)20-8-7-18-16(19)13(3)14-9-17-10-14;/h4-6,13-14,17H,7-10H2,1-3H3,(H,18,19);1H. The Hall–Kier alpha value is -1.26. The zero-order valence-corrected chi connectivity index (χ0v) is 13.8. The molecule has 5 heteroatoms. The predicted octanol–water partition coefficient (Wildman–Crippen LogP) is 2.08. The average molecular weight is 313 g/mol. The van der Waals surface area contributed by atoms with Crippen LogP contribution in [0.3, 0.4) is 0 Å². The zero-order chi connectivity index (χ0) is 14.5. The Bertz CT molecular complexity index is 455. The summed E-state index contributed by atoms with van der Waals surface area (Å²) in [4.78, 5) is 11.9. The fraction of sp³-hybridized carbons (Fsp3) is 0.562. The second-order valence-corrected chi connectivity index (χ2v) is 5.57. The number of hydrogen-bond donors (Lipinski definition) is 2. The Morgan fingerprint density at radius 3 is 2.52 bits per heavy atom. The van der Waals surface area contributed by atoms with Gasteiger partial charge in [-0.25, -0.2) is 0 Å². The summed E-state index contributed by atoms with van der Waals surface area (Å²) in [6, 6.07) is 6.09. The molecule has 1 heterocycles. The lowest BCUT2D eigenvalue weighted by molar-refractivity contribution is -0.126. The average Bonchev–Trinajstić information content (AvgIpc) is 2.34. The maximum Gasteiger partial charge on any atom is 0.223 e. The molecule has 118 valence electrons. The summed E-state index contributed by atoms with van der Waals surface area (Å²) in [7, 11) is 0. The second-order valence-electron chi connectivity index (χ2n) is 5.57. The molecular weight excluding hydrogens is 288 g/mol. The number of halogens is 1. The number of rotatable bonds is 6. The van der Waals surface area contributed by atoms with E-state index in [9.17, 15) is 4.79 Å². The van der Waals surface area contributed by atoms with Crippen LogP contribution in [0, 0.1) is 25.7 Å². The lowest BCUT2D eigenvalue weighted by Crippen LogP contribution is -2.50. The molecule has 0 saturated carbocycles. The Morgan fingerprint density at radius 1 is 1.38 bits per heavy atom. The SMILES string of the molecule is Cc1cccc(C)c1OCCNC(=O)C(C)C1CNC1.Cl. The van der Waals surface area contributed by atoms with Crippen molar-refractivity contribution < 1.29 is 9.53 Å². The van der Waals surface area contributed by atoms with E-state index in [0.29, 0.717) is 19.1 Å².